The average Bonchev–Trinajstić information content (AvgIpc) is 1.88. The Hall–Kier alpha value is 4.43. The van der Waals surface area contributed by atoms with Gasteiger partial charge in [-0.15, -0.1) is 0 Å². The molecule has 0 aliphatic rings. The smallest absolute Gasteiger partial charge is 0.543 e. The van der Waals surface area contributed by atoms with Crippen LogP contribution in [0, 0.1) is 0 Å². The van der Waals surface area contributed by atoms with Crippen LogP contribution in [0.15, 0.2) is 0 Å². The molecule has 0 bridgehead atoms. The second-order valence-corrected chi connectivity index (χ2v) is 1.15. The van der Waals surface area contributed by atoms with Crippen molar-refractivity contribution in [2.24, 2.45) is 0 Å². The van der Waals surface area contributed by atoms with E-state index in [-0.39, 0.29) is 206 Å². The minimum Gasteiger partial charge on any atom is -0.543 e. The molecule has 0 aromatic heterocycles. The molecule has 8 nitrogen and oxygen atoms in total. The van der Waals surface area contributed by atoms with Gasteiger partial charge in [-0.2, -0.15) is 0 Å². The number of carbonyl (C=O) groups excluding carboxylic acids is 4. The zero-order valence-corrected chi connectivity index (χ0v) is 21.8. The number of aliphatic carboxylic acids is 4. The molecule has 0 saturated heterocycles. The summed E-state index contributed by atoms with van der Waals surface area (Å²) in [6, 6.07) is 0. The van der Waals surface area contributed by atoms with Crippen LogP contribution in [0.1, 0.15) is 0 Å². The number of carboxylic acid groups (broad SMARTS) is 4. The monoisotopic (exact) mass is 332 g/mol. The maximum atomic E-state index is 8.93. The van der Waals surface area contributed by atoms with Crippen molar-refractivity contribution in [1.82, 2.24) is 0 Å². The second kappa shape index (κ2) is 24.4. The van der Waals surface area contributed by atoms with E-state index in [9.17, 15) is 0 Å². The van der Waals surface area contributed by atoms with E-state index in [0.29, 0.717) is 0 Å². The third-order valence-corrected chi connectivity index (χ3v) is 0.333. The van der Waals surface area contributed by atoms with Crippen LogP contribution in [0.5, 0.6) is 0 Å². The Morgan fingerprint density at radius 1 is 0.438 bits per heavy atom. The predicted molar refractivity (Wildman–Crippen MR) is 20.0 cm³/mol. The molecule has 16 heavy (non-hydrogen) atoms. The topological polar surface area (TPSA) is 161 Å². The van der Waals surface area contributed by atoms with Crippen molar-refractivity contribution in [3.8, 4) is 0 Å². The summed E-state index contributed by atoms with van der Waals surface area (Å²) in [6.07, 6.45) is 0. The molecule has 0 aliphatic heterocycles. The van der Waals surface area contributed by atoms with Crippen LogP contribution < -0.4 is 226 Å². The Morgan fingerprint density at radius 3 is 0.500 bits per heavy atom. The molecule has 0 heterocycles. The fourth-order valence-electron chi connectivity index (χ4n) is 0. The molecule has 68 valence electrons. The molecule has 0 fully saturated rings. The van der Waals surface area contributed by atoms with Gasteiger partial charge in [0.1, 0.15) is 0 Å². The van der Waals surface area contributed by atoms with E-state index >= 15 is 0 Å². The normalized spacial score (nSPS) is 5.50. The maximum absolute atomic E-state index is 8.93. The minimum atomic E-state index is -2.19. The van der Waals surface area contributed by atoms with Crippen molar-refractivity contribution >= 4 is 23.9 Å². The van der Waals surface area contributed by atoms with E-state index in [0.717, 1.165) is 0 Å². The molecule has 0 aromatic rings. The number of carbonyl (C=O) groups is 4. The van der Waals surface area contributed by atoms with Gasteiger partial charge in [0.15, 0.2) is 0 Å². The summed E-state index contributed by atoms with van der Waals surface area (Å²) < 4.78 is 0. The van der Waals surface area contributed by atoms with E-state index in [1.807, 2.05) is 0 Å². The van der Waals surface area contributed by atoms with Gasteiger partial charge in [-0.05, 0) is 0 Å². The van der Waals surface area contributed by atoms with Crippen LogP contribution >= 0.6 is 0 Å². The number of rotatable bonds is 0. The van der Waals surface area contributed by atoms with Crippen molar-refractivity contribution < 1.29 is 245 Å². The largest absolute Gasteiger partial charge is 1.00 e. The van der Waals surface area contributed by atoms with Crippen LogP contribution in [-0.2, 0) is 19.2 Å². The molecule has 0 radical (unpaired) electrons. The van der Waals surface area contributed by atoms with Crippen LogP contribution in [0.25, 0.3) is 0 Å². The summed E-state index contributed by atoms with van der Waals surface area (Å²) in [6.45, 7) is 0. The minimum absolute atomic E-state index is 0. The second-order valence-electron chi connectivity index (χ2n) is 1.15. The zero-order valence-electron chi connectivity index (χ0n) is 9.27. The van der Waals surface area contributed by atoms with Gasteiger partial charge < -0.3 is 39.6 Å². The van der Waals surface area contributed by atoms with Gasteiger partial charge in [0.05, 0.1) is 23.9 Å². The van der Waals surface area contributed by atoms with Crippen molar-refractivity contribution in [1.29, 1.82) is 0 Å². The molecule has 0 unspecified atom stereocenters. The third kappa shape index (κ3) is 36.2. The number of carboxylic acids is 4. The molecule has 0 spiro atoms. The molecule has 0 N–H and O–H groups in total. The molecule has 0 aromatic carbocycles. The van der Waals surface area contributed by atoms with Crippen LogP contribution in [0.4, 0.5) is 0 Å². The predicted octanol–water partition coefficient (Wildman–Crippen LogP) is -19.0. The Labute approximate surface area is 260 Å². The van der Waals surface area contributed by atoms with E-state index in [1.54, 1.807) is 0 Å². The summed E-state index contributed by atoms with van der Waals surface area (Å²) in [4.78, 5) is 35.7. The molecule has 0 aliphatic carbocycles. The van der Waals surface area contributed by atoms with Crippen LogP contribution in [0.3, 0.4) is 0 Å². The number of hydrogen-bond donors (Lipinski definition) is 0. The Bertz CT molecular complexity index is 180. The third-order valence-electron chi connectivity index (χ3n) is 0.333. The van der Waals surface area contributed by atoms with Crippen molar-refractivity contribution in [3.05, 3.63) is 0 Å². The molecule has 0 atom stereocenters. The van der Waals surface area contributed by atoms with Gasteiger partial charge in [0.25, 0.3) is 0 Å². The maximum Gasteiger partial charge on any atom is 1.00 e. The zero-order chi connectivity index (χ0) is 10.3. The molecular weight excluding hydrogens is 332 g/mol. The quantitative estimate of drug-likeness (QED) is 0.312. The van der Waals surface area contributed by atoms with Crippen molar-refractivity contribution in [2.75, 3.05) is 0 Å². The molecular formula is C4K4O8. The van der Waals surface area contributed by atoms with Gasteiger partial charge >= 0.3 is 206 Å². The molecule has 0 saturated carbocycles. The Kier molecular flexibility index (Phi) is 56.6. The van der Waals surface area contributed by atoms with Crippen molar-refractivity contribution in [3.63, 3.8) is 0 Å². The molecule has 12 heteroatoms. The van der Waals surface area contributed by atoms with E-state index in [4.69, 9.17) is 39.6 Å². The first kappa shape index (κ1) is 37.0. The van der Waals surface area contributed by atoms with Crippen LogP contribution in [-0.4, -0.2) is 23.9 Å². The summed E-state index contributed by atoms with van der Waals surface area (Å²) in [5.74, 6) is -8.74. The van der Waals surface area contributed by atoms with Crippen molar-refractivity contribution in [2.45, 2.75) is 0 Å². The van der Waals surface area contributed by atoms with Gasteiger partial charge in [-0.3, -0.25) is 0 Å². The summed E-state index contributed by atoms with van der Waals surface area (Å²) in [5.41, 5.74) is 0. The average molecular weight is 332 g/mol. The van der Waals surface area contributed by atoms with Gasteiger partial charge in [-0.25, -0.2) is 0 Å². The summed E-state index contributed by atoms with van der Waals surface area (Å²) in [7, 11) is 0. The van der Waals surface area contributed by atoms with Gasteiger partial charge in [-0.1, -0.05) is 0 Å². The Morgan fingerprint density at radius 2 is 0.500 bits per heavy atom. The first-order chi connectivity index (χ1) is 5.29. The number of hydrogen-bond acceptors (Lipinski definition) is 8. The fourth-order valence-corrected chi connectivity index (χ4v) is 0. The van der Waals surface area contributed by atoms with Gasteiger partial charge in [0.2, 0.25) is 0 Å². The standard InChI is InChI=1S/2C2H2O4.4K/c2*3-1(4)2(5)6;;;;/h2*(H,3,4)(H,5,6);;;;/q;;4*+1/p-4. The Balaban J connectivity index is -0.0000000250. The first-order valence-corrected chi connectivity index (χ1v) is 2.13. The van der Waals surface area contributed by atoms with Gasteiger partial charge in [0, 0.05) is 0 Å². The fraction of sp³-hybridized carbons (Fsp3) is 0. The SMILES string of the molecule is O=C([O-])C(=O)[O-].O=C([O-])C(=O)[O-].[K+].[K+].[K+].[K+]. The van der Waals surface area contributed by atoms with E-state index in [1.165, 1.54) is 0 Å². The van der Waals surface area contributed by atoms with Crippen LogP contribution in [0.2, 0.25) is 0 Å². The molecule has 0 amide bonds. The van der Waals surface area contributed by atoms with E-state index < -0.39 is 23.9 Å². The summed E-state index contributed by atoms with van der Waals surface area (Å²) >= 11 is 0. The first-order valence-electron chi connectivity index (χ1n) is 2.13. The molecule has 0 rings (SSSR count). The summed E-state index contributed by atoms with van der Waals surface area (Å²) in [5, 5.41) is 35.7. The van der Waals surface area contributed by atoms with E-state index in [2.05, 4.69) is 0 Å².